The number of carbonyl (C=O) groups excluding carboxylic acids is 1. The molecule has 1 aromatic rings. The number of Topliss-reactive ketones (excluding diaryl/α,β-unsaturated/α-hetero) is 1. The van der Waals surface area contributed by atoms with E-state index in [2.05, 4.69) is 0 Å². The Balaban J connectivity index is 2.49. The molecule has 0 aromatic heterocycles. The molecule has 0 saturated heterocycles. The van der Waals surface area contributed by atoms with E-state index in [9.17, 15) is 18.0 Å². The van der Waals surface area contributed by atoms with Crippen LogP contribution < -0.4 is 0 Å². The summed E-state index contributed by atoms with van der Waals surface area (Å²) < 4.78 is 38.9. The van der Waals surface area contributed by atoms with Gasteiger partial charge in [0.25, 0.3) is 0 Å². The molecule has 1 aliphatic rings. The number of ketones is 1. The van der Waals surface area contributed by atoms with Crippen LogP contribution >= 0.6 is 0 Å². The van der Waals surface area contributed by atoms with E-state index in [4.69, 9.17) is 5.11 Å². The summed E-state index contributed by atoms with van der Waals surface area (Å²) in [7, 11) is 0. The molecule has 1 unspecified atom stereocenters. The van der Waals surface area contributed by atoms with Gasteiger partial charge in [0.1, 0.15) is 5.78 Å². The number of halogens is 3. The third kappa shape index (κ3) is 2.41. The predicted octanol–water partition coefficient (Wildman–Crippen LogP) is 3.03. The second-order valence-corrected chi connectivity index (χ2v) is 4.49. The molecule has 0 spiro atoms. The molecule has 2 nitrogen and oxygen atoms in total. The molecule has 5 heteroatoms. The summed E-state index contributed by atoms with van der Waals surface area (Å²) in [5, 5.41) is 8.90. The molecule has 2 rings (SSSR count). The molecule has 98 valence electrons. The van der Waals surface area contributed by atoms with Crippen LogP contribution in [0, 0.1) is 0 Å². The summed E-state index contributed by atoms with van der Waals surface area (Å²) in [5.41, 5.74) is -0.548. The van der Waals surface area contributed by atoms with Gasteiger partial charge in [-0.2, -0.15) is 13.2 Å². The highest BCUT2D eigenvalue weighted by Gasteiger charge is 2.38. The normalized spacial score (nSPS) is 20.4. The molecule has 1 atom stereocenters. The van der Waals surface area contributed by atoms with Crippen molar-refractivity contribution in [1.82, 2.24) is 0 Å². The van der Waals surface area contributed by atoms with Crippen molar-refractivity contribution in [2.24, 2.45) is 0 Å². The van der Waals surface area contributed by atoms with E-state index in [1.807, 2.05) is 0 Å². The Labute approximate surface area is 102 Å². The zero-order chi connectivity index (χ0) is 13.3. The van der Waals surface area contributed by atoms with E-state index in [0.717, 1.165) is 6.07 Å². The highest BCUT2D eigenvalue weighted by atomic mass is 19.4. The van der Waals surface area contributed by atoms with Crippen LogP contribution in [0.25, 0.3) is 0 Å². The highest BCUT2D eigenvalue weighted by Crippen LogP contribution is 2.40. The first-order valence-corrected chi connectivity index (χ1v) is 5.77. The van der Waals surface area contributed by atoms with Gasteiger partial charge in [0, 0.05) is 12.3 Å². The smallest absolute Gasteiger partial charge is 0.392 e. The van der Waals surface area contributed by atoms with E-state index in [-0.39, 0.29) is 16.9 Å². The van der Waals surface area contributed by atoms with Gasteiger partial charge in [0.15, 0.2) is 0 Å². The first-order chi connectivity index (χ1) is 8.43. The topological polar surface area (TPSA) is 37.3 Å². The number of aliphatic hydroxyl groups is 1. The molecule has 1 fully saturated rings. The van der Waals surface area contributed by atoms with Crippen LogP contribution in [0.15, 0.2) is 18.2 Å². The number of benzene rings is 1. The quantitative estimate of drug-likeness (QED) is 0.885. The van der Waals surface area contributed by atoms with Crippen molar-refractivity contribution in [1.29, 1.82) is 0 Å². The lowest BCUT2D eigenvalue weighted by atomic mass is 9.90. The third-order valence-electron chi connectivity index (χ3n) is 3.29. The Kier molecular flexibility index (Phi) is 3.43. The Morgan fingerprint density at radius 3 is 2.56 bits per heavy atom. The minimum atomic E-state index is -4.50. The van der Waals surface area contributed by atoms with Crippen molar-refractivity contribution < 1.29 is 23.1 Å². The lowest BCUT2D eigenvalue weighted by molar-refractivity contribution is -0.138. The van der Waals surface area contributed by atoms with Crippen molar-refractivity contribution in [2.75, 3.05) is 0 Å². The molecule has 1 saturated carbocycles. The van der Waals surface area contributed by atoms with Crippen molar-refractivity contribution in [3.63, 3.8) is 0 Å². The molecular formula is C13H13F3O2. The fourth-order valence-corrected chi connectivity index (χ4v) is 2.40. The summed E-state index contributed by atoms with van der Waals surface area (Å²) >= 11 is 0. The maximum absolute atomic E-state index is 13.0. The van der Waals surface area contributed by atoms with Gasteiger partial charge in [0.05, 0.1) is 12.2 Å². The van der Waals surface area contributed by atoms with E-state index in [0.29, 0.717) is 19.3 Å². The number of hydrogen-bond donors (Lipinski definition) is 1. The van der Waals surface area contributed by atoms with Gasteiger partial charge in [-0.1, -0.05) is 12.1 Å². The monoisotopic (exact) mass is 258 g/mol. The van der Waals surface area contributed by atoms with Crippen molar-refractivity contribution >= 4 is 5.78 Å². The van der Waals surface area contributed by atoms with Crippen LogP contribution in [0.4, 0.5) is 13.2 Å². The summed E-state index contributed by atoms with van der Waals surface area (Å²) in [5.74, 6) is -0.772. The summed E-state index contributed by atoms with van der Waals surface area (Å²) in [6, 6.07) is 3.69. The van der Waals surface area contributed by atoms with Crippen LogP contribution in [-0.2, 0) is 17.6 Å². The van der Waals surface area contributed by atoms with Gasteiger partial charge in [0.2, 0.25) is 0 Å². The van der Waals surface area contributed by atoms with E-state index in [1.165, 1.54) is 12.1 Å². The molecule has 18 heavy (non-hydrogen) atoms. The summed E-state index contributed by atoms with van der Waals surface area (Å²) in [4.78, 5) is 11.6. The predicted molar refractivity (Wildman–Crippen MR) is 59.0 cm³/mol. The standard InChI is InChI=1S/C13H13F3O2/c14-13(15,16)11-6-8(7-17)4-5-9(11)10-2-1-3-12(10)18/h4-6,10,17H,1-3,7H2. The molecule has 0 heterocycles. The molecule has 1 N–H and O–H groups in total. The Morgan fingerprint density at radius 1 is 1.33 bits per heavy atom. The van der Waals surface area contributed by atoms with Crippen LogP contribution in [0.2, 0.25) is 0 Å². The lowest BCUT2D eigenvalue weighted by Crippen LogP contribution is -2.15. The second-order valence-electron chi connectivity index (χ2n) is 4.49. The van der Waals surface area contributed by atoms with Gasteiger partial charge < -0.3 is 5.11 Å². The third-order valence-corrected chi connectivity index (χ3v) is 3.29. The number of hydrogen-bond acceptors (Lipinski definition) is 2. The largest absolute Gasteiger partial charge is 0.416 e. The second kappa shape index (κ2) is 4.72. The summed E-state index contributed by atoms with van der Waals surface area (Å²) in [6.45, 7) is -0.442. The minimum Gasteiger partial charge on any atom is -0.392 e. The van der Waals surface area contributed by atoms with Gasteiger partial charge >= 0.3 is 6.18 Å². The van der Waals surface area contributed by atoms with Gasteiger partial charge in [-0.15, -0.1) is 0 Å². The Hall–Kier alpha value is -1.36. The van der Waals surface area contributed by atoms with Crippen LogP contribution in [0.1, 0.15) is 41.9 Å². The average molecular weight is 258 g/mol. The maximum Gasteiger partial charge on any atom is 0.416 e. The van der Waals surface area contributed by atoms with Crippen LogP contribution in [-0.4, -0.2) is 10.9 Å². The first kappa shape index (κ1) is 13.1. The minimum absolute atomic E-state index is 0.0437. The zero-order valence-electron chi connectivity index (χ0n) is 9.63. The van der Waals surface area contributed by atoms with Gasteiger partial charge in [-0.25, -0.2) is 0 Å². The van der Waals surface area contributed by atoms with E-state index >= 15 is 0 Å². The maximum atomic E-state index is 13.0. The number of alkyl halides is 3. The fourth-order valence-electron chi connectivity index (χ4n) is 2.40. The fraction of sp³-hybridized carbons (Fsp3) is 0.462. The first-order valence-electron chi connectivity index (χ1n) is 5.77. The lowest BCUT2D eigenvalue weighted by Gasteiger charge is -2.17. The zero-order valence-corrected chi connectivity index (χ0v) is 9.63. The molecule has 0 amide bonds. The molecule has 1 aliphatic carbocycles. The van der Waals surface area contributed by atoms with Crippen molar-refractivity contribution in [2.45, 2.75) is 38.0 Å². The number of rotatable bonds is 2. The Morgan fingerprint density at radius 2 is 2.06 bits per heavy atom. The Bertz CT molecular complexity index is 466. The SMILES string of the molecule is O=C1CCCC1c1ccc(CO)cc1C(F)(F)F. The van der Waals surface area contributed by atoms with Crippen LogP contribution in [0.3, 0.4) is 0 Å². The number of carbonyl (C=O) groups is 1. The summed E-state index contributed by atoms with van der Waals surface area (Å²) in [6.07, 6.45) is -3.03. The molecule has 0 radical (unpaired) electrons. The molecule has 0 bridgehead atoms. The van der Waals surface area contributed by atoms with E-state index < -0.39 is 24.3 Å². The average Bonchev–Trinajstić information content (AvgIpc) is 2.73. The molecule has 1 aromatic carbocycles. The van der Waals surface area contributed by atoms with E-state index in [1.54, 1.807) is 0 Å². The molecular weight excluding hydrogens is 245 g/mol. The molecule has 0 aliphatic heterocycles. The van der Waals surface area contributed by atoms with Crippen LogP contribution in [0.5, 0.6) is 0 Å². The van der Waals surface area contributed by atoms with Gasteiger partial charge in [-0.05, 0) is 30.0 Å². The van der Waals surface area contributed by atoms with Crippen molar-refractivity contribution in [3.05, 3.63) is 34.9 Å². The van der Waals surface area contributed by atoms with Gasteiger partial charge in [-0.3, -0.25) is 4.79 Å². The van der Waals surface area contributed by atoms with Crippen molar-refractivity contribution in [3.8, 4) is 0 Å². The highest BCUT2D eigenvalue weighted by molar-refractivity contribution is 5.88. The number of aliphatic hydroxyl groups excluding tert-OH is 1.